The van der Waals surface area contributed by atoms with E-state index in [2.05, 4.69) is 0 Å². The van der Waals surface area contributed by atoms with Crippen molar-refractivity contribution in [1.29, 1.82) is 0 Å². The van der Waals surface area contributed by atoms with Crippen LogP contribution in [0.25, 0.3) is 0 Å². The van der Waals surface area contributed by atoms with Crippen LogP contribution in [0.4, 0.5) is 0 Å². The van der Waals surface area contributed by atoms with E-state index in [4.69, 9.17) is 16.1 Å². The molecule has 0 heterocycles. The van der Waals surface area contributed by atoms with Crippen LogP contribution in [0.2, 0.25) is 5.02 Å². The van der Waals surface area contributed by atoms with Gasteiger partial charge in [0.25, 0.3) is 0 Å². The average molecular weight is 249 g/mol. The molecular formula is C10H14ClO3P. The highest BCUT2D eigenvalue weighted by Crippen LogP contribution is 2.42. The quantitative estimate of drug-likeness (QED) is 0.834. The van der Waals surface area contributed by atoms with Crippen LogP contribution in [0.3, 0.4) is 0 Å². The molecule has 2 atom stereocenters. The van der Waals surface area contributed by atoms with Gasteiger partial charge in [-0.3, -0.25) is 4.57 Å². The second-order valence-electron chi connectivity index (χ2n) is 3.32. The van der Waals surface area contributed by atoms with E-state index in [9.17, 15) is 9.46 Å². The maximum Gasteiger partial charge on any atom is 0.359 e. The summed E-state index contributed by atoms with van der Waals surface area (Å²) in [7, 11) is -3.70. The standard InChI is InChI=1S/C10H14ClO3P/c1-3-8(2)14-15(12,13)10-6-4-9(11)5-7-10/h4-8H,3H2,1-2H3,(H,12,13). The van der Waals surface area contributed by atoms with Crippen molar-refractivity contribution in [3.63, 3.8) is 0 Å². The lowest BCUT2D eigenvalue weighted by Gasteiger charge is -2.16. The molecule has 0 bridgehead atoms. The van der Waals surface area contributed by atoms with Gasteiger partial charge in [-0.05, 0) is 37.6 Å². The summed E-state index contributed by atoms with van der Waals surface area (Å²) in [6.45, 7) is 3.66. The molecule has 3 nitrogen and oxygen atoms in total. The minimum absolute atomic E-state index is 0.239. The Morgan fingerprint density at radius 3 is 2.47 bits per heavy atom. The first-order valence-corrected chi connectivity index (χ1v) is 6.68. The zero-order chi connectivity index (χ0) is 11.5. The Bertz CT molecular complexity index is 363. The SMILES string of the molecule is CCC(C)OP(=O)(O)c1ccc(Cl)cc1. The summed E-state index contributed by atoms with van der Waals surface area (Å²) >= 11 is 5.68. The van der Waals surface area contributed by atoms with E-state index in [-0.39, 0.29) is 11.4 Å². The lowest BCUT2D eigenvalue weighted by Crippen LogP contribution is -2.12. The van der Waals surface area contributed by atoms with E-state index in [1.165, 1.54) is 12.1 Å². The van der Waals surface area contributed by atoms with Gasteiger partial charge in [-0.2, -0.15) is 0 Å². The first-order chi connectivity index (χ1) is 6.95. The molecule has 0 spiro atoms. The zero-order valence-corrected chi connectivity index (χ0v) is 10.3. The largest absolute Gasteiger partial charge is 0.359 e. The van der Waals surface area contributed by atoms with Gasteiger partial charge in [0.1, 0.15) is 0 Å². The fourth-order valence-corrected chi connectivity index (χ4v) is 2.42. The van der Waals surface area contributed by atoms with Crippen LogP contribution in [0.1, 0.15) is 20.3 Å². The first kappa shape index (κ1) is 12.7. The molecular weight excluding hydrogens is 235 g/mol. The molecule has 0 saturated heterocycles. The van der Waals surface area contributed by atoms with Gasteiger partial charge in [0, 0.05) is 5.02 Å². The molecule has 84 valence electrons. The number of benzene rings is 1. The van der Waals surface area contributed by atoms with Crippen molar-refractivity contribution in [3.8, 4) is 0 Å². The van der Waals surface area contributed by atoms with Gasteiger partial charge in [-0.15, -0.1) is 0 Å². The van der Waals surface area contributed by atoms with Gasteiger partial charge < -0.3 is 9.42 Å². The van der Waals surface area contributed by atoms with Crippen LogP contribution in [0, 0.1) is 0 Å². The van der Waals surface area contributed by atoms with E-state index in [0.29, 0.717) is 11.4 Å². The highest BCUT2D eigenvalue weighted by Gasteiger charge is 2.24. The van der Waals surface area contributed by atoms with Crippen LogP contribution in [-0.2, 0) is 9.09 Å². The first-order valence-electron chi connectivity index (χ1n) is 4.73. The summed E-state index contributed by atoms with van der Waals surface area (Å²) in [6.07, 6.45) is 0.453. The van der Waals surface area contributed by atoms with Crippen molar-refractivity contribution in [3.05, 3.63) is 29.3 Å². The Morgan fingerprint density at radius 1 is 1.47 bits per heavy atom. The number of halogens is 1. The predicted octanol–water partition coefficient (Wildman–Crippen LogP) is 2.97. The van der Waals surface area contributed by atoms with Crippen molar-refractivity contribution in [2.45, 2.75) is 26.4 Å². The van der Waals surface area contributed by atoms with E-state index in [1.54, 1.807) is 19.1 Å². The third-order valence-electron chi connectivity index (χ3n) is 2.05. The van der Waals surface area contributed by atoms with Crippen LogP contribution in [0.5, 0.6) is 0 Å². The third-order valence-corrected chi connectivity index (χ3v) is 3.90. The zero-order valence-electron chi connectivity index (χ0n) is 8.68. The van der Waals surface area contributed by atoms with E-state index in [0.717, 1.165) is 0 Å². The summed E-state index contributed by atoms with van der Waals surface area (Å²) in [6, 6.07) is 6.15. The van der Waals surface area contributed by atoms with Crippen LogP contribution >= 0.6 is 19.2 Å². The molecule has 0 saturated carbocycles. The van der Waals surface area contributed by atoms with E-state index >= 15 is 0 Å². The molecule has 0 aliphatic heterocycles. The molecule has 5 heteroatoms. The molecule has 0 aliphatic carbocycles. The Balaban J connectivity index is 2.86. The fraction of sp³-hybridized carbons (Fsp3) is 0.400. The minimum atomic E-state index is -3.70. The molecule has 2 unspecified atom stereocenters. The summed E-state index contributed by atoms with van der Waals surface area (Å²) in [4.78, 5) is 9.67. The number of hydrogen-bond donors (Lipinski definition) is 1. The van der Waals surface area contributed by atoms with E-state index in [1.807, 2.05) is 6.92 Å². The molecule has 0 aromatic heterocycles. The Kier molecular flexibility index (Phi) is 4.35. The van der Waals surface area contributed by atoms with Crippen LogP contribution in [0.15, 0.2) is 24.3 Å². The van der Waals surface area contributed by atoms with Gasteiger partial charge in [0.05, 0.1) is 11.4 Å². The van der Waals surface area contributed by atoms with Crippen LogP contribution < -0.4 is 5.30 Å². The normalized spacial score (nSPS) is 17.1. The second-order valence-corrected chi connectivity index (χ2v) is 5.53. The van der Waals surface area contributed by atoms with E-state index < -0.39 is 7.60 Å². The van der Waals surface area contributed by atoms with Gasteiger partial charge in [-0.25, -0.2) is 0 Å². The van der Waals surface area contributed by atoms with Crippen molar-refractivity contribution in [1.82, 2.24) is 0 Å². The molecule has 0 amide bonds. The summed E-state index contributed by atoms with van der Waals surface area (Å²) in [5, 5.41) is 0.800. The summed E-state index contributed by atoms with van der Waals surface area (Å²) in [5.74, 6) is 0. The number of rotatable bonds is 4. The topological polar surface area (TPSA) is 46.5 Å². The lowest BCUT2D eigenvalue weighted by atomic mass is 10.3. The fourth-order valence-electron chi connectivity index (χ4n) is 1.01. The molecule has 0 aliphatic rings. The molecule has 0 radical (unpaired) electrons. The Labute approximate surface area is 94.6 Å². The molecule has 1 aromatic rings. The average Bonchev–Trinajstić information content (AvgIpc) is 2.17. The minimum Gasteiger partial charge on any atom is -0.321 e. The number of hydrogen-bond acceptors (Lipinski definition) is 2. The van der Waals surface area contributed by atoms with Gasteiger partial charge in [0.15, 0.2) is 0 Å². The maximum atomic E-state index is 11.8. The Morgan fingerprint density at radius 2 is 2.00 bits per heavy atom. The molecule has 1 N–H and O–H groups in total. The Hall–Kier alpha value is -0.340. The van der Waals surface area contributed by atoms with Crippen molar-refractivity contribution in [2.24, 2.45) is 0 Å². The van der Waals surface area contributed by atoms with Gasteiger partial charge in [0.2, 0.25) is 0 Å². The smallest absolute Gasteiger partial charge is 0.321 e. The molecule has 15 heavy (non-hydrogen) atoms. The monoisotopic (exact) mass is 248 g/mol. The molecule has 1 aromatic carbocycles. The highest BCUT2D eigenvalue weighted by molar-refractivity contribution is 7.61. The van der Waals surface area contributed by atoms with Crippen molar-refractivity contribution >= 4 is 24.5 Å². The van der Waals surface area contributed by atoms with Gasteiger partial charge >= 0.3 is 7.60 Å². The maximum absolute atomic E-state index is 11.8. The molecule has 1 rings (SSSR count). The second kappa shape index (κ2) is 5.13. The summed E-state index contributed by atoms with van der Waals surface area (Å²) < 4.78 is 16.9. The molecule has 0 fully saturated rings. The van der Waals surface area contributed by atoms with Crippen molar-refractivity contribution < 1.29 is 14.0 Å². The van der Waals surface area contributed by atoms with Crippen molar-refractivity contribution in [2.75, 3.05) is 0 Å². The highest BCUT2D eigenvalue weighted by atomic mass is 35.5. The van der Waals surface area contributed by atoms with Gasteiger partial charge in [-0.1, -0.05) is 18.5 Å². The summed E-state index contributed by atoms with van der Waals surface area (Å²) in [5.41, 5.74) is 0. The lowest BCUT2D eigenvalue weighted by molar-refractivity contribution is 0.192. The third kappa shape index (κ3) is 3.62. The van der Waals surface area contributed by atoms with Crippen LogP contribution in [-0.4, -0.2) is 11.0 Å². The predicted molar refractivity (Wildman–Crippen MR) is 61.7 cm³/mol.